The maximum absolute atomic E-state index is 13.0. The zero-order valence-electron chi connectivity index (χ0n) is 16.5. The predicted molar refractivity (Wildman–Crippen MR) is 104 cm³/mol. The fraction of sp³-hybridized carbons (Fsp3) is 0.632. The van der Waals surface area contributed by atoms with Gasteiger partial charge in [0.15, 0.2) is 0 Å². The van der Waals surface area contributed by atoms with Crippen molar-refractivity contribution in [3.05, 3.63) is 33.9 Å². The van der Waals surface area contributed by atoms with Crippen LogP contribution in [0.25, 0.3) is 0 Å². The first-order valence-electron chi connectivity index (χ1n) is 9.64. The van der Waals surface area contributed by atoms with Crippen molar-refractivity contribution in [3.63, 3.8) is 0 Å². The van der Waals surface area contributed by atoms with E-state index >= 15 is 0 Å². The van der Waals surface area contributed by atoms with E-state index in [0.717, 1.165) is 18.9 Å². The Morgan fingerprint density at radius 1 is 1.25 bits per heavy atom. The third kappa shape index (κ3) is 4.05. The summed E-state index contributed by atoms with van der Waals surface area (Å²) in [4.78, 5) is 25.0. The van der Waals surface area contributed by atoms with Crippen molar-refractivity contribution in [2.45, 2.75) is 50.5 Å². The number of carbonyl (C=O) groups excluding carboxylic acids is 1. The number of amides is 1. The van der Waals surface area contributed by atoms with E-state index in [1.165, 1.54) is 16.4 Å². The van der Waals surface area contributed by atoms with Crippen LogP contribution in [-0.4, -0.2) is 54.6 Å². The van der Waals surface area contributed by atoms with Gasteiger partial charge in [0.05, 0.1) is 9.82 Å². The lowest BCUT2D eigenvalue weighted by atomic mass is 9.96. The number of benzene rings is 1. The molecule has 1 atom stereocenters. The number of sulfonamides is 1. The second-order valence-corrected chi connectivity index (χ2v) is 9.82. The fourth-order valence-electron chi connectivity index (χ4n) is 3.85. The minimum Gasteiger partial charge on any atom is -0.343 e. The van der Waals surface area contributed by atoms with Gasteiger partial charge >= 0.3 is 0 Å². The van der Waals surface area contributed by atoms with Gasteiger partial charge in [-0.05, 0) is 51.0 Å². The molecule has 0 bridgehead atoms. The monoisotopic (exact) mass is 409 g/mol. The van der Waals surface area contributed by atoms with Crippen LogP contribution in [0.1, 0.15) is 38.2 Å². The average molecular weight is 410 g/mol. The highest BCUT2D eigenvalue weighted by Crippen LogP contribution is 2.36. The number of aryl methyl sites for hydroxylation is 1. The smallest absolute Gasteiger partial charge is 0.270 e. The second-order valence-electron chi connectivity index (χ2n) is 7.91. The van der Waals surface area contributed by atoms with Crippen LogP contribution in [0.5, 0.6) is 0 Å². The van der Waals surface area contributed by atoms with Crippen LogP contribution in [0.4, 0.5) is 5.69 Å². The lowest BCUT2D eigenvalue weighted by Gasteiger charge is -2.34. The highest BCUT2D eigenvalue weighted by atomic mass is 32.2. The average Bonchev–Trinajstić information content (AvgIpc) is 3.51. The van der Waals surface area contributed by atoms with Crippen LogP contribution in [0.2, 0.25) is 0 Å². The van der Waals surface area contributed by atoms with Gasteiger partial charge in [-0.25, -0.2) is 8.42 Å². The van der Waals surface area contributed by atoms with Crippen LogP contribution in [0.3, 0.4) is 0 Å². The van der Waals surface area contributed by atoms with E-state index in [0.29, 0.717) is 24.3 Å². The Balaban J connectivity index is 1.69. The summed E-state index contributed by atoms with van der Waals surface area (Å²) in [5.41, 5.74) is 0.228. The minimum absolute atomic E-state index is 0.0362. The lowest BCUT2D eigenvalue weighted by Crippen LogP contribution is -2.46. The number of hydrogen-bond donors (Lipinski definition) is 0. The summed E-state index contributed by atoms with van der Waals surface area (Å²) in [5, 5.41) is 11.0. The van der Waals surface area contributed by atoms with E-state index < -0.39 is 14.9 Å². The third-order valence-electron chi connectivity index (χ3n) is 6.07. The van der Waals surface area contributed by atoms with E-state index in [9.17, 15) is 23.3 Å². The summed E-state index contributed by atoms with van der Waals surface area (Å²) in [6.45, 7) is 4.18. The van der Waals surface area contributed by atoms with Gasteiger partial charge in [0.1, 0.15) is 0 Å². The number of carbonyl (C=O) groups is 1. The van der Waals surface area contributed by atoms with E-state index in [1.54, 1.807) is 6.92 Å². The van der Waals surface area contributed by atoms with E-state index in [2.05, 4.69) is 6.92 Å². The van der Waals surface area contributed by atoms with E-state index in [-0.39, 0.29) is 41.5 Å². The summed E-state index contributed by atoms with van der Waals surface area (Å²) in [5.74, 6) is 0.498. The number of hydrogen-bond acceptors (Lipinski definition) is 5. The molecule has 1 saturated carbocycles. The molecule has 0 N–H and O–H groups in total. The molecular weight excluding hydrogens is 382 g/mol. The molecule has 9 heteroatoms. The number of piperidine rings is 1. The Morgan fingerprint density at radius 2 is 1.86 bits per heavy atom. The summed E-state index contributed by atoms with van der Waals surface area (Å²) in [6, 6.07) is 4.10. The molecule has 0 radical (unpaired) electrons. The van der Waals surface area contributed by atoms with Gasteiger partial charge in [0.2, 0.25) is 15.9 Å². The Labute approximate surface area is 165 Å². The second kappa shape index (κ2) is 7.79. The SMILES string of the molecule is Cc1ccc([N+](=O)[O-])cc1S(=O)(=O)N1CCC(C(=O)N(C)C(C)C2CC2)CC1. The van der Waals surface area contributed by atoms with Gasteiger partial charge in [-0.1, -0.05) is 6.07 Å². The quantitative estimate of drug-likeness (QED) is 0.531. The summed E-state index contributed by atoms with van der Waals surface area (Å²) >= 11 is 0. The highest BCUT2D eigenvalue weighted by Gasteiger charge is 2.37. The summed E-state index contributed by atoms with van der Waals surface area (Å²) < 4.78 is 27.4. The zero-order chi connectivity index (χ0) is 20.6. The molecule has 1 aliphatic carbocycles. The van der Waals surface area contributed by atoms with Crippen molar-refractivity contribution in [2.75, 3.05) is 20.1 Å². The fourth-order valence-corrected chi connectivity index (χ4v) is 5.56. The Kier molecular flexibility index (Phi) is 5.77. The van der Waals surface area contributed by atoms with Gasteiger partial charge in [-0.3, -0.25) is 14.9 Å². The number of nitro benzene ring substituents is 1. The van der Waals surface area contributed by atoms with Crippen LogP contribution in [0, 0.1) is 28.9 Å². The van der Waals surface area contributed by atoms with E-state index in [4.69, 9.17) is 0 Å². The normalized spacial score (nSPS) is 20.0. The molecule has 0 aromatic heterocycles. The summed E-state index contributed by atoms with van der Waals surface area (Å²) in [6.07, 6.45) is 3.26. The van der Waals surface area contributed by atoms with Crippen LogP contribution in [0.15, 0.2) is 23.1 Å². The molecule has 28 heavy (non-hydrogen) atoms. The molecule has 1 unspecified atom stereocenters. The lowest BCUT2D eigenvalue weighted by molar-refractivity contribution is -0.385. The first-order chi connectivity index (χ1) is 13.1. The number of nitrogens with zero attached hydrogens (tertiary/aromatic N) is 3. The van der Waals surface area contributed by atoms with Crippen LogP contribution in [-0.2, 0) is 14.8 Å². The minimum atomic E-state index is -3.83. The topological polar surface area (TPSA) is 101 Å². The molecule has 3 rings (SSSR count). The maximum Gasteiger partial charge on any atom is 0.270 e. The molecule has 8 nitrogen and oxygen atoms in total. The van der Waals surface area contributed by atoms with E-state index in [1.807, 2.05) is 11.9 Å². The van der Waals surface area contributed by atoms with Crippen molar-refractivity contribution in [3.8, 4) is 0 Å². The molecule has 154 valence electrons. The Hall–Kier alpha value is -2.00. The molecule has 1 saturated heterocycles. The first-order valence-corrected chi connectivity index (χ1v) is 11.1. The Bertz CT molecular complexity index is 874. The number of nitro groups is 1. The molecule has 2 fully saturated rings. The van der Waals surface area contributed by atoms with Gasteiger partial charge in [0.25, 0.3) is 5.69 Å². The maximum atomic E-state index is 13.0. The largest absolute Gasteiger partial charge is 0.343 e. The third-order valence-corrected chi connectivity index (χ3v) is 8.11. The van der Waals surface area contributed by atoms with Gasteiger partial charge in [-0.2, -0.15) is 4.31 Å². The number of non-ortho nitro benzene ring substituents is 1. The standard InChI is InChI=1S/C19H27N3O5S/c1-13-4-7-17(22(24)25)12-18(13)28(26,27)21-10-8-16(9-11-21)19(23)20(3)14(2)15-5-6-15/h4,7,12,14-16H,5-6,8-11H2,1-3H3. The zero-order valence-corrected chi connectivity index (χ0v) is 17.3. The van der Waals surface area contributed by atoms with Crippen LogP contribution < -0.4 is 0 Å². The Morgan fingerprint density at radius 3 is 2.39 bits per heavy atom. The molecule has 1 aliphatic heterocycles. The summed E-state index contributed by atoms with van der Waals surface area (Å²) in [7, 11) is -2.00. The molecule has 1 aromatic rings. The molecular formula is C19H27N3O5S. The molecule has 2 aliphatic rings. The van der Waals surface area contributed by atoms with Gasteiger partial charge in [-0.15, -0.1) is 0 Å². The van der Waals surface area contributed by atoms with Crippen molar-refractivity contribution >= 4 is 21.6 Å². The highest BCUT2D eigenvalue weighted by molar-refractivity contribution is 7.89. The molecule has 0 spiro atoms. The van der Waals surface area contributed by atoms with Gasteiger partial charge < -0.3 is 4.90 Å². The molecule has 1 heterocycles. The first kappa shape index (κ1) is 20.7. The molecule has 1 amide bonds. The van der Waals surface area contributed by atoms with Crippen LogP contribution >= 0.6 is 0 Å². The van der Waals surface area contributed by atoms with Crippen molar-refractivity contribution in [2.24, 2.45) is 11.8 Å². The van der Waals surface area contributed by atoms with Gasteiger partial charge in [0, 0.05) is 44.2 Å². The van der Waals surface area contributed by atoms with Crippen molar-refractivity contribution < 1.29 is 18.1 Å². The van der Waals surface area contributed by atoms with Crippen molar-refractivity contribution in [1.29, 1.82) is 0 Å². The van der Waals surface area contributed by atoms with Crippen molar-refractivity contribution in [1.82, 2.24) is 9.21 Å². The molecule has 1 aromatic carbocycles. The predicted octanol–water partition coefficient (Wildman–Crippen LogP) is 2.56. The number of rotatable bonds is 6.